The molecule has 0 aromatic heterocycles. The van der Waals surface area contributed by atoms with Crippen molar-refractivity contribution in [2.75, 3.05) is 13.1 Å². The average Bonchev–Trinajstić information content (AvgIpc) is 3.14. The number of nitrogens with one attached hydrogen (secondary N) is 1. The van der Waals surface area contributed by atoms with Gasteiger partial charge in [-0.05, 0) is 31.6 Å². The van der Waals surface area contributed by atoms with Crippen LogP contribution in [-0.2, 0) is 14.4 Å². The lowest BCUT2D eigenvalue weighted by molar-refractivity contribution is -0.142. The molecule has 0 aromatic rings. The molecule has 0 aromatic carbocycles. The van der Waals surface area contributed by atoms with Crippen LogP contribution >= 0.6 is 0 Å². The van der Waals surface area contributed by atoms with E-state index in [1.807, 2.05) is 13.8 Å². The summed E-state index contributed by atoms with van der Waals surface area (Å²) in [4.78, 5) is 35.8. The van der Waals surface area contributed by atoms with Crippen molar-refractivity contribution in [3.05, 3.63) is 0 Å². The Labute approximate surface area is 108 Å². The van der Waals surface area contributed by atoms with E-state index >= 15 is 0 Å². The van der Waals surface area contributed by atoms with E-state index in [9.17, 15) is 14.4 Å². The highest BCUT2D eigenvalue weighted by molar-refractivity contribution is 6.38. The zero-order valence-corrected chi connectivity index (χ0v) is 11.3. The highest BCUT2D eigenvalue weighted by Crippen LogP contribution is 2.29. The first-order valence-electron chi connectivity index (χ1n) is 6.48. The Morgan fingerprint density at radius 1 is 1.33 bits per heavy atom. The van der Waals surface area contributed by atoms with Crippen LogP contribution in [0.3, 0.4) is 0 Å². The maximum Gasteiger partial charge on any atom is 0.289 e. The molecule has 0 radical (unpaired) electrons. The van der Waals surface area contributed by atoms with Gasteiger partial charge >= 0.3 is 0 Å². The van der Waals surface area contributed by atoms with Crippen LogP contribution in [0.25, 0.3) is 0 Å². The number of hydrogen-bond donors (Lipinski definition) is 1. The number of ketones is 1. The molecule has 18 heavy (non-hydrogen) atoms. The van der Waals surface area contributed by atoms with E-state index in [0.29, 0.717) is 31.3 Å². The number of rotatable bonds is 8. The van der Waals surface area contributed by atoms with Gasteiger partial charge in [0, 0.05) is 13.1 Å². The lowest BCUT2D eigenvalue weighted by Crippen LogP contribution is -2.46. The van der Waals surface area contributed by atoms with Crippen LogP contribution in [0.1, 0.15) is 33.6 Å². The first-order chi connectivity index (χ1) is 8.45. The van der Waals surface area contributed by atoms with E-state index in [-0.39, 0.29) is 0 Å². The minimum Gasteiger partial charge on any atom is -0.349 e. The van der Waals surface area contributed by atoms with E-state index < -0.39 is 17.7 Å². The quantitative estimate of drug-likeness (QED) is 0.509. The fraction of sp³-hybridized carbons (Fsp3) is 0.769. The van der Waals surface area contributed by atoms with Gasteiger partial charge in [-0.2, -0.15) is 0 Å². The Morgan fingerprint density at radius 2 is 1.94 bits per heavy atom. The van der Waals surface area contributed by atoms with Gasteiger partial charge in [0.15, 0.2) is 0 Å². The molecule has 0 spiro atoms. The molecule has 1 fully saturated rings. The molecule has 1 saturated carbocycles. The number of nitrogens with zero attached hydrogens (tertiary/aromatic N) is 1. The van der Waals surface area contributed by atoms with Crippen LogP contribution in [0.5, 0.6) is 0 Å². The lowest BCUT2D eigenvalue weighted by Gasteiger charge is -2.23. The molecule has 1 aliphatic carbocycles. The van der Waals surface area contributed by atoms with Gasteiger partial charge in [0.05, 0.1) is 6.04 Å². The summed E-state index contributed by atoms with van der Waals surface area (Å²) in [5.41, 5.74) is 0. The van der Waals surface area contributed by atoms with Crippen molar-refractivity contribution in [3.63, 3.8) is 0 Å². The molecule has 1 unspecified atom stereocenters. The summed E-state index contributed by atoms with van der Waals surface area (Å²) in [5, 5.41) is 2.58. The van der Waals surface area contributed by atoms with Gasteiger partial charge in [-0.25, -0.2) is 0 Å². The molecule has 5 heteroatoms. The van der Waals surface area contributed by atoms with Gasteiger partial charge in [0.1, 0.15) is 0 Å². The highest BCUT2D eigenvalue weighted by atomic mass is 16.2. The zero-order chi connectivity index (χ0) is 13.7. The summed E-state index contributed by atoms with van der Waals surface area (Å²) in [6.07, 6.45) is 2.87. The molecule has 0 aliphatic heterocycles. The minimum atomic E-state index is -0.671. The molecule has 1 atom stereocenters. The van der Waals surface area contributed by atoms with Crippen molar-refractivity contribution in [1.82, 2.24) is 10.2 Å². The fourth-order valence-electron chi connectivity index (χ4n) is 1.62. The molecular weight excluding hydrogens is 232 g/mol. The van der Waals surface area contributed by atoms with Gasteiger partial charge in [0.25, 0.3) is 5.91 Å². The monoisotopic (exact) mass is 254 g/mol. The molecular formula is C13H22N2O3. The van der Waals surface area contributed by atoms with Crippen LogP contribution < -0.4 is 5.32 Å². The third-order valence-electron chi connectivity index (χ3n) is 3.07. The van der Waals surface area contributed by atoms with E-state index in [0.717, 1.165) is 12.8 Å². The standard InChI is InChI=1S/C13H22N2O3/c1-9(2)6-14-13(18)12(17)10(3)15(8-16)7-11-4-5-11/h8-11H,4-7H2,1-3H3,(H,14,18). The lowest BCUT2D eigenvalue weighted by atomic mass is 10.1. The first-order valence-corrected chi connectivity index (χ1v) is 6.48. The fourth-order valence-corrected chi connectivity index (χ4v) is 1.62. The predicted octanol–water partition coefficient (Wildman–Crippen LogP) is 0.585. The number of carbonyl (C=O) groups is 3. The van der Waals surface area contributed by atoms with Crippen molar-refractivity contribution < 1.29 is 14.4 Å². The van der Waals surface area contributed by atoms with Crippen molar-refractivity contribution in [3.8, 4) is 0 Å². The normalized spacial score (nSPS) is 16.2. The summed E-state index contributed by atoms with van der Waals surface area (Å²) in [7, 11) is 0. The summed E-state index contributed by atoms with van der Waals surface area (Å²) >= 11 is 0. The van der Waals surface area contributed by atoms with Gasteiger partial charge in [0.2, 0.25) is 12.2 Å². The van der Waals surface area contributed by atoms with Gasteiger partial charge < -0.3 is 10.2 Å². The van der Waals surface area contributed by atoms with Crippen LogP contribution in [0.15, 0.2) is 0 Å². The Bertz CT molecular complexity index is 324. The van der Waals surface area contributed by atoms with Crippen molar-refractivity contribution in [1.29, 1.82) is 0 Å². The van der Waals surface area contributed by atoms with Gasteiger partial charge in [-0.3, -0.25) is 14.4 Å². The maximum atomic E-state index is 11.8. The third kappa shape index (κ3) is 4.47. The summed E-state index contributed by atoms with van der Waals surface area (Å²) < 4.78 is 0. The Hall–Kier alpha value is -1.39. The number of carbonyl (C=O) groups excluding carboxylic acids is 3. The summed E-state index contributed by atoms with van der Waals surface area (Å²) in [6, 6.07) is -0.671. The van der Waals surface area contributed by atoms with Crippen LogP contribution in [-0.4, -0.2) is 42.1 Å². The Balaban J connectivity index is 2.46. The zero-order valence-electron chi connectivity index (χ0n) is 11.3. The molecule has 0 bridgehead atoms. The molecule has 0 saturated heterocycles. The number of Topliss-reactive ketones (excluding diaryl/α,β-unsaturated/α-hetero) is 1. The predicted molar refractivity (Wildman–Crippen MR) is 67.8 cm³/mol. The maximum absolute atomic E-state index is 11.8. The third-order valence-corrected chi connectivity index (χ3v) is 3.07. The molecule has 1 rings (SSSR count). The second-order valence-corrected chi connectivity index (χ2v) is 5.39. The molecule has 1 aliphatic rings. The second kappa shape index (κ2) is 6.52. The summed E-state index contributed by atoms with van der Waals surface area (Å²) in [5.74, 6) is -0.336. The van der Waals surface area contributed by atoms with E-state index in [4.69, 9.17) is 0 Å². The topological polar surface area (TPSA) is 66.5 Å². The average molecular weight is 254 g/mol. The van der Waals surface area contributed by atoms with Crippen molar-refractivity contribution >= 4 is 18.1 Å². The van der Waals surface area contributed by atoms with Gasteiger partial charge in [-0.15, -0.1) is 0 Å². The van der Waals surface area contributed by atoms with E-state index in [1.165, 1.54) is 4.90 Å². The van der Waals surface area contributed by atoms with Crippen molar-refractivity contribution in [2.24, 2.45) is 11.8 Å². The first kappa shape index (κ1) is 14.7. The van der Waals surface area contributed by atoms with Gasteiger partial charge in [-0.1, -0.05) is 13.8 Å². The van der Waals surface area contributed by atoms with E-state index in [1.54, 1.807) is 6.92 Å². The van der Waals surface area contributed by atoms with Crippen molar-refractivity contribution in [2.45, 2.75) is 39.7 Å². The van der Waals surface area contributed by atoms with E-state index in [2.05, 4.69) is 5.32 Å². The second-order valence-electron chi connectivity index (χ2n) is 5.39. The van der Waals surface area contributed by atoms with Crippen LogP contribution in [0, 0.1) is 11.8 Å². The number of amides is 2. The largest absolute Gasteiger partial charge is 0.349 e. The summed E-state index contributed by atoms with van der Waals surface area (Å²) in [6.45, 7) is 6.57. The van der Waals surface area contributed by atoms with Crippen LogP contribution in [0.4, 0.5) is 0 Å². The molecule has 5 nitrogen and oxygen atoms in total. The minimum absolute atomic E-state index is 0.297. The number of hydrogen-bond acceptors (Lipinski definition) is 3. The molecule has 0 heterocycles. The Morgan fingerprint density at radius 3 is 2.39 bits per heavy atom. The van der Waals surface area contributed by atoms with Crippen LogP contribution in [0.2, 0.25) is 0 Å². The Kier molecular flexibility index (Phi) is 5.31. The molecule has 1 N–H and O–H groups in total. The highest BCUT2D eigenvalue weighted by Gasteiger charge is 2.30. The molecule has 2 amide bonds. The smallest absolute Gasteiger partial charge is 0.289 e. The SMILES string of the molecule is CC(C)CNC(=O)C(=O)C(C)N(C=O)CC1CC1. The molecule has 102 valence electrons.